The van der Waals surface area contributed by atoms with Crippen LogP contribution in [0.5, 0.6) is 11.5 Å². The van der Waals surface area contributed by atoms with Gasteiger partial charge in [-0.3, -0.25) is 10.8 Å². The van der Waals surface area contributed by atoms with Crippen LogP contribution in [0.15, 0.2) is 146 Å². The molecule has 8 rings (SSSR count). The van der Waals surface area contributed by atoms with Crippen molar-refractivity contribution < 1.29 is 4.74 Å². The van der Waals surface area contributed by atoms with Crippen molar-refractivity contribution >= 4 is 21.8 Å². The summed E-state index contributed by atoms with van der Waals surface area (Å²) in [4.78, 5) is 0. The maximum atomic E-state index is 8.66. The zero-order chi connectivity index (χ0) is 29.0. The lowest BCUT2D eigenvalue weighted by Gasteiger charge is -2.40. The van der Waals surface area contributed by atoms with Crippen LogP contribution in [0, 0.1) is 10.8 Å². The summed E-state index contributed by atoms with van der Waals surface area (Å²) in [6.07, 6.45) is 0. The van der Waals surface area contributed by atoms with Gasteiger partial charge in [0.1, 0.15) is 21.6 Å². The number of benzene rings is 6. The van der Waals surface area contributed by atoms with Gasteiger partial charge in [0.05, 0.1) is 5.41 Å². The number of thioether (sulfide) groups is 1. The molecule has 0 aromatic heterocycles. The first-order chi connectivity index (χ1) is 21.2. The van der Waals surface area contributed by atoms with E-state index in [0.29, 0.717) is 10.1 Å². The summed E-state index contributed by atoms with van der Waals surface area (Å²) in [6, 6.07) is 50.0. The molecule has 0 fully saturated rings. The Morgan fingerprint density at radius 1 is 0.465 bits per heavy atom. The molecule has 0 saturated carbocycles. The van der Waals surface area contributed by atoms with Gasteiger partial charge in [-0.25, -0.2) is 0 Å². The van der Waals surface area contributed by atoms with E-state index >= 15 is 0 Å². The Morgan fingerprint density at radius 3 is 1.65 bits per heavy atom. The predicted octanol–water partition coefficient (Wildman–Crippen LogP) is 9.91. The normalized spacial score (nSPS) is 13.3. The first kappa shape index (κ1) is 25.5. The molecule has 204 valence electrons. The summed E-state index contributed by atoms with van der Waals surface area (Å²) in [5.41, 5.74) is 10.5. The third-order valence-corrected chi connectivity index (χ3v) is 9.45. The Kier molecular flexibility index (Phi) is 5.92. The summed E-state index contributed by atoms with van der Waals surface area (Å²) < 4.78 is 6.78. The zero-order valence-corrected chi connectivity index (χ0v) is 24.0. The van der Waals surface area contributed by atoms with Crippen LogP contribution in [0.3, 0.4) is 0 Å². The lowest BCUT2D eigenvalue weighted by molar-refractivity contribution is 0.438. The Bertz CT molecular complexity index is 2020. The van der Waals surface area contributed by atoms with E-state index < -0.39 is 5.41 Å². The van der Waals surface area contributed by atoms with Crippen molar-refractivity contribution in [2.24, 2.45) is 0 Å². The van der Waals surface area contributed by atoms with Gasteiger partial charge in [0.15, 0.2) is 0 Å². The van der Waals surface area contributed by atoms with E-state index in [-0.39, 0.29) is 0 Å². The van der Waals surface area contributed by atoms with Gasteiger partial charge in [-0.05, 0) is 33.9 Å². The molecule has 0 atom stereocenters. The first-order valence-corrected chi connectivity index (χ1v) is 15.1. The predicted molar refractivity (Wildman–Crippen MR) is 177 cm³/mol. The lowest BCUT2D eigenvalue weighted by atomic mass is 9.65. The van der Waals surface area contributed by atoms with Crippen molar-refractivity contribution in [1.82, 2.24) is 0 Å². The van der Waals surface area contributed by atoms with Crippen molar-refractivity contribution in [3.05, 3.63) is 179 Å². The second-order valence-electron chi connectivity index (χ2n) is 10.8. The summed E-state index contributed by atoms with van der Waals surface area (Å²) in [7, 11) is 0. The van der Waals surface area contributed by atoms with Crippen molar-refractivity contribution in [2.45, 2.75) is 5.41 Å². The van der Waals surface area contributed by atoms with Gasteiger partial charge in [0, 0.05) is 27.8 Å². The van der Waals surface area contributed by atoms with Gasteiger partial charge in [-0.2, -0.15) is 0 Å². The fourth-order valence-electron chi connectivity index (χ4n) is 6.72. The third-order valence-electron chi connectivity index (χ3n) is 8.57. The van der Waals surface area contributed by atoms with Crippen LogP contribution < -0.4 is 4.74 Å². The van der Waals surface area contributed by atoms with E-state index in [2.05, 4.69) is 97.1 Å². The number of para-hydroxylation sites is 2. The molecule has 0 unspecified atom stereocenters. The van der Waals surface area contributed by atoms with Crippen LogP contribution >= 0.6 is 11.8 Å². The minimum atomic E-state index is -0.496. The van der Waals surface area contributed by atoms with Crippen molar-refractivity contribution in [3.63, 3.8) is 0 Å². The number of ether oxygens (including phenoxy) is 1. The number of hydrogen-bond acceptors (Lipinski definition) is 4. The average molecular weight is 571 g/mol. The Balaban J connectivity index is 1.25. The molecular formula is C39H26N2OS. The second kappa shape index (κ2) is 9.97. The minimum absolute atomic E-state index is 0.346. The molecule has 1 spiro atoms. The standard InChI is InChI=1S/C39H26N2OS/c40-37(26-11-2-1-3-12-26)43-38(41)27-23-21-25(22-24-27)28-15-10-19-34-36(28)42-35-20-9-8-18-33(35)39(34)31-16-6-4-13-29(31)30-14-5-7-17-32(30)39/h1-24,40-41H. The smallest absolute Gasteiger partial charge is 0.140 e. The molecule has 6 aromatic rings. The molecule has 2 N–H and O–H groups in total. The van der Waals surface area contributed by atoms with Crippen LogP contribution in [0.4, 0.5) is 0 Å². The third kappa shape index (κ3) is 3.84. The zero-order valence-electron chi connectivity index (χ0n) is 23.2. The molecule has 2 aliphatic rings. The Morgan fingerprint density at radius 2 is 0.977 bits per heavy atom. The molecule has 0 amide bonds. The maximum Gasteiger partial charge on any atom is 0.140 e. The number of nitrogens with one attached hydrogen (secondary N) is 2. The highest BCUT2D eigenvalue weighted by Gasteiger charge is 2.51. The summed E-state index contributed by atoms with van der Waals surface area (Å²) in [6.45, 7) is 0. The van der Waals surface area contributed by atoms with E-state index in [1.165, 1.54) is 22.3 Å². The van der Waals surface area contributed by atoms with Crippen LogP contribution in [0.25, 0.3) is 22.3 Å². The average Bonchev–Trinajstić information content (AvgIpc) is 3.36. The van der Waals surface area contributed by atoms with Gasteiger partial charge in [0.25, 0.3) is 0 Å². The molecule has 3 nitrogen and oxygen atoms in total. The topological polar surface area (TPSA) is 56.9 Å². The Hall–Kier alpha value is -5.19. The number of fused-ring (bicyclic) bond motifs is 9. The van der Waals surface area contributed by atoms with E-state index in [0.717, 1.165) is 56.6 Å². The fourth-order valence-corrected chi connectivity index (χ4v) is 7.43. The van der Waals surface area contributed by atoms with E-state index in [1.54, 1.807) is 0 Å². The second-order valence-corrected chi connectivity index (χ2v) is 11.8. The molecule has 0 radical (unpaired) electrons. The minimum Gasteiger partial charge on any atom is -0.456 e. The molecule has 1 heterocycles. The molecule has 4 heteroatoms. The largest absolute Gasteiger partial charge is 0.456 e. The van der Waals surface area contributed by atoms with Crippen LogP contribution in [0.1, 0.15) is 33.4 Å². The molecule has 1 aliphatic heterocycles. The van der Waals surface area contributed by atoms with Crippen molar-refractivity contribution in [3.8, 4) is 33.8 Å². The summed E-state index contributed by atoms with van der Waals surface area (Å²) in [5.74, 6) is 1.72. The highest BCUT2D eigenvalue weighted by Crippen LogP contribution is 2.63. The van der Waals surface area contributed by atoms with Crippen molar-refractivity contribution in [2.75, 3.05) is 0 Å². The van der Waals surface area contributed by atoms with Gasteiger partial charge in [0.2, 0.25) is 0 Å². The Labute approximate surface area is 254 Å². The molecule has 43 heavy (non-hydrogen) atoms. The highest BCUT2D eigenvalue weighted by atomic mass is 32.2. The first-order valence-electron chi connectivity index (χ1n) is 14.3. The van der Waals surface area contributed by atoms with Crippen LogP contribution in [-0.2, 0) is 5.41 Å². The molecular weight excluding hydrogens is 545 g/mol. The van der Waals surface area contributed by atoms with Crippen molar-refractivity contribution in [1.29, 1.82) is 10.8 Å². The van der Waals surface area contributed by atoms with Crippen LogP contribution in [0.2, 0.25) is 0 Å². The number of rotatable bonds is 3. The van der Waals surface area contributed by atoms with Crippen LogP contribution in [-0.4, -0.2) is 10.1 Å². The molecule has 0 bridgehead atoms. The summed E-state index contributed by atoms with van der Waals surface area (Å²) >= 11 is 1.16. The lowest BCUT2D eigenvalue weighted by Crippen LogP contribution is -2.32. The molecule has 1 aliphatic carbocycles. The van der Waals surface area contributed by atoms with Gasteiger partial charge in [-0.15, -0.1) is 0 Å². The van der Waals surface area contributed by atoms with Gasteiger partial charge >= 0.3 is 0 Å². The quantitative estimate of drug-likeness (QED) is 0.164. The monoisotopic (exact) mass is 570 g/mol. The molecule has 0 saturated heterocycles. The SMILES string of the molecule is N=C(SC(=N)c1ccc(-c2cccc3c2Oc2ccccc2C32c3ccccc3-c3ccccc32)cc1)c1ccccc1. The summed E-state index contributed by atoms with van der Waals surface area (Å²) in [5, 5.41) is 17.8. The number of hydrogen-bond donors (Lipinski definition) is 2. The van der Waals surface area contributed by atoms with E-state index in [9.17, 15) is 0 Å². The van der Waals surface area contributed by atoms with Gasteiger partial charge in [-0.1, -0.05) is 151 Å². The van der Waals surface area contributed by atoms with E-state index in [4.69, 9.17) is 15.6 Å². The highest BCUT2D eigenvalue weighted by molar-refractivity contribution is 8.27. The fraction of sp³-hybridized carbons (Fsp3) is 0.0256. The van der Waals surface area contributed by atoms with E-state index in [1.807, 2.05) is 48.5 Å². The maximum absolute atomic E-state index is 8.66. The molecule has 6 aromatic carbocycles. The van der Waals surface area contributed by atoms with Gasteiger partial charge < -0.3 is 4.74 Å².